The van der Waals surface area contributed by atoms with Gasteiger partial charge in [-0.25, -0.2) is 0 Å². The molecule has 83 heavy (non-hydrogen) atoms. The average molecular weight is 1170 g/mol. The van der Waals surface area contributed by atoms with Crippen molar-refractivity contribution in [1.82, 2.24) is 5.32 Å². The summed E-state index contributed by atoms with van der Waals surface area (Å²) in [6.45, 7) is 4.12. The van der Waals surface area contributed by atoms with Gasteiger partial charge in [0.2, 0.25) is 5.91 Å². The van der Waals surface area contributed by atoms with E-state index in [0.717, 1.165) is 38.5 Å². The van der Waals surface area contributed by atoms with Gasteiger partial charge in [0, 0.05) is 0 Å². The second-order valence-electron chi connectivity index (χ2n) is 27.1. The molecule has 6 heteroatoms. The Kier molecular flexibility index (Phi) is 71.0. The van der Waals surface area contributed by atoms with Gasteiger partial charge in [-0.3, -0.25) is 4.79 Å². The lowest BCUT2D eigenvalue weighted by molar-refractivity contribution is -0.132. The molecule has 0 aromatic carbocycles. The fraction of sp³-hybridized carbons (Fsp3) is 0.961. The van der Waals surface area contributed by atoms with Crippen molar-refractivity contribution in [1.29, 1.82) is 0 Å². The second kappa shape index (κ2) is 71.8. The highest BCUT2D eigenvalue weighted by Gasteiger charge is 2.29. The molecule has 0 saturated carbocycles. The number of nitrogens with one attached hydrogen (secondary N) is 1. The summed E-state index contributed by atoms with van der Waals surface area (Å²) in [7, 11) is 0. The number of unbranched alkanes of at least 4 members (excludes halogenated alkanes) is 62. The summed E-state index contributed by atoms with van der Waals surface area (Å²) in [6.07, 6.45) is 90.9. The molecule has 0 aromatic rings. The number of aliphatic hydroxyl groups excluding tert-OH is 4. The first-order valence-electron chi connectivity index (χ1n) is 38.6. The Balaban J connectivity index is 3.49. The van der Waals surface area contributed by atoms with Crippen LogP contribution in [0.5, 0.6) is 0 Å². The van der Waals surface area contributed by atoms with E-state index in [1.54, 1.807) is 0 Å². The largest absolute Gasteiger partial charge is 0.394 e. The maximum absolute atomic E-state index is 12.7. The van der Waals surface area contributed by atoms with Gasteiger partial charge in [-0.1, -0.05) is 418 Å². The van der Waals surface area contributed by atoms with E-state index in [1.165, 1.54) is 379 Å². The van der Waals surface area contributed by atoms with E-state index in [2.05, 4.69) is 31.3 Å². The summed E-state index contributed by atoms with van der Waals surface area (Å²) < 4.78 is 0. The zero-order chi connectivity index (χ0) is 60.1. The van der Waals surface area contributed by atoms with Crippen molar-refractivity contribution in [3.8, 4) is 0 Å². The maximum Gasteiger partial charge on any atom is 0.249 e. The van der Waals surface area contributed by atoms with Crippen LogP contribution in [0.25, 0.3) is 0 Å². The van der Waals surface area contributed by atoms with E-state index in [-0.39, 0.29) is 0 Å². The molecule has 0 aliphatic heterocycles. The van der Waals surface area contributed by atoms with Gasteiger partial charge in [0.1, 0.15) is 12.2 Å². The predicted octanol–water partition coefficient (Wildman–Crippen LogP) is 24.3. The number of allylic oxidation sites excluding steroid dienone is 2. The molecular weight excluding hydrogens is 1020 g/mol. The zero-order valence-electron chi connectivity index (χ0n) is 56.7. The Morgan fingerprint density at radius 3 is 0.699 bits per heavy atom. The predicted molar refractivity (Wildman–Crippen MR) is 367 cm³/mol. The van der Waals surface area contributed by atoms with Crippen molar-refractivity contribution in [3.63, 3.8) is 0 Å². The van der Waals surface area contributed by atoms with Gasteiger partial charge in [-0.05, 0) is 38.5 Å². The van der Waals surface area contributed by atoms with E-state index in [9.17, 15) is 25.2 Å². The Morgan fingerprint density at radius 2 is 0.482 bits per heavy atom. The number of rotatable bonds is 73. The van der Waals surface area contributed by atoms with Crippen LogP contribution in [0.15, 0.2) is 12.2 Å². The Labute approximate surface area is 521 Å². The summed E-state index contributed by atoms with van der Waals surface area (Å²) in [5, 5.41) is 44.3. The molecule has 0 rings (SSSR count). The molecule has 0 fully saturated rings. The standard InChI is InChI=1S/C77H153NO5/c1-3-5-7-9-11-13-15-17-19-21-23-25-27-29-31-33-34-35-36-37-38-39-40-41-43-45-47-49-51-53-55-57-59-61-63-65-67-69-71-75(81)77(83)78-73(72-79)76(82)74(80)70-68-66-64-62-60-58-56-54-52-50-48-46-44-42-32-30-28-26-24-22-20-18-16-14-12-10-8-6-4-2/h37-38,73-76,79-82H,3-36,39-72H2,1-2H3,(H,78,83)/b38-37-. The molecule has 0 aliphatic rings. The second-order valence-corrected chi connectivity index (χ2v) is 27.1. The van der Waals surface area contributed by atoms with Crippen LogP contribution < -0.4 is 5.32 Å². The maximum atomic E-state index is 12.7. The molecule has 496 valence electrons. The van der Waals surface area contributed by atoms with Crippen LogP contribution in [-0.4, -0.2) is 57.3 Å². The number of carbonyl (C=O) groups is 1. The molecule has 0 saturated heterocycles. The number of hydrogen-bond donors (Lipinski definition) is 5. The third-order valence-electron chi connectivity index (χ3n) is 18.7. The van der Waals surface area contributed by atoms with E-state index >= 15 is 0 Å². The summed E-state index contributed by atoms with van der Waals surface area (Å²) >= 11 is 0. The highest BCUT2D eigenvalue weighted by Crippen LogP contribution is 2.21. The van der Waals surface area contributed by atoms with Crippen LogP contribution in [0.1, 0.15) is 444 Å². The van der Waals surface area contributed by atoms with Gasteiger partial charge in [-0.15, -0.1) is 0 Å². The lowest BCUT2D eigenvalue weighted by Gasteiger charge is -2.27. The third kappa shape index (κ3) is 65.3. The minimum absolute atomic E-state index is 0.374. The Hall–Kier alpha value is -0.950. The van der Waals surface area contributed by atoms with Gasteiger partial charge in [0.15, 0.2) is 0 Å². The quantitative estimate of drug-likeness (QED) is 0.0308. The van der Waals surface area contributed by atoms with Crippen molar-refractivity contribution in [3.05, 3.63) is 12.2 Å². The van der Waals surface area contributed by atoms with Crippen LogP contribution in [0.4, 0.5) is 0 Å². The lowest BCUT2D eigenvalue weighted by Crippen LogP contribution is -2.53. The van der Waals surface area contributed by atoms with Gasteiger partial charge in [0.25, 0.3) is 0 Å². The first-order chi connectivity index (χ1) is 41.0. The minimum atomic E-state index is -1.26. The van der Waals surface area contributed by atoms with E-state index in [0.29, 0.717) is 12.8 Å². The number of aliphatic hydroxyl groups is 4. The van der Waals surface area contributed by atoms with Crippen molar-refractivity contribution in [2.75, 3.05) is 6.61 Å². The molecule has 0 spiro atoms. The Morgan fingerprint density at radius 1 is 0.289 bits per heavy atom. The Bertz CT molecular complexity index is 1230. The minimum Gasteiger partial charge on any atom is -0.394 e. The van der Waals surface area contributed by atoms with Crippen molar-refractivity contribution in [2.45, 2.75) is 468 Å². The number of amides is 1. The molecule has 0 radical (unpaired) electrons. The van der Waals surface area contributed by atoms with Gasteiger partial charge < -0.3 is 25.7 Å². The molecule has 0 bridgehead atoms. The van der Waals surface area contributed by atoms with Crippen molar-refractivity contribution >= 4 is 5.91 Å². The monoisotopic (exact) mass is 1170 g/mol. The summed E-state index contributed by atoms with van der Waals surface area (Å²) in [5.74, 6) is -0.574. The molecule has 0 aliphatic carbocycles. The average Bonchev–Trinajstić information content (AvgIpc) is 3.54. The van der Waals surface area contributed by atoms with Crippen LogP contribution >= 0.6 is 0 Å². The van der Waals surface area contributed by atoms with Crippen molar-refractivity contribution < 1.29 is 25.2 Å². The van der Waals surface area contributed by atoms with E-state index < -0.39 is 36.9 Å². The first kappa shape index (κ1) is 82.0. The fourth-order valence-corrected chi connectivity index (χ4v) is 12.8. The molecule has 0 heterocycles. The zero-order valence-corrected chi connectivity index (χ0v) is 56.7. The molecule has 6 nitrogen and oxygen atoms in total. The molecule has 0 aromatic heterocycles. The highest BCUT2D eigenvalue weighted by molar-refractivity contribution is 5.80. The van der Waals surface area contributed by atoms with Crippen LogP contribution in [0.3, 0.4) is 0 Å². The molecule has 4 atom stereocenters. The van der Waals surface area contributed by atoms with Crippen LogP contribution in [-0.2, 0) is 4.79 Å². The number of hydrogen-bond acceptors (Lipinski definition) is 5. The van der Waals surface area contributed by atoms with Gasteiger partial charge >= 0.3 is 0 Å². The first-order valence-corrected chi connectivity index (χ1v) is 38.6. The van der Waals surface area contributed by atoms with Gasteiger partial charge in [0.05, 0.1) is 18.8 Å². The van der Waals surface area contributed by atoms with E-state index in [1.807, 2.05) is 0 Å². The molecule has 4 unspecified atom stereocenters. The fourth-order valence-electron chi connectivity index (χ4n) is 12.8. The molecular formula is C77H153NO5. The molecule has 1 amide bonds. The SMILES string of the molecule is CCCCCCCCCCCCCCCCCCCC/C=C\CCCCCCCCCCCCCCCCCCC(O)C(=O)NC(CO)C(O)C(O)CCCCCCCCCCCCCCCCCCCCCCCCCCCCCCC. The molecule has 5 N–H and O–H groups in total. The smallest absolute Gasteiger partial charge is 0.249 e. The summed E-state index contributed by atoms with van der Waals surface area (Å²) in [5.41, 5.74) is 0. The normalized spacial score (nSPS) is 13.4. The lowest BCUT2D eigenvalue weighted by atomic mass is 9.99. The summed E-state index contributed by atoms with van der Waals surface area (Å²) in [6, 6.07) is -0.985. The van der Waals surface area contributed by atoms with Crippen LogP contribution in [0, 0.1) is 0 Å². The van der Waals surface area contributed by atoms with Crippen LogP contribution in [0.2, 0.25) is 0 Å². The topological polar surface area (TPSA) is 110 Å². The highest BCUT2D eigenvalue weighted by atomic mass is 16.3. The van der Waals surface area contributed by atoms with Crippen molar-refractivity contribution in [2.24, 2.45) is 0 Å². The number of carbonyl (C=O) groups excluding carboxylic acids is 1. The summed E-state index contributed by atoms with van der Waals surface area (Å²) in [4.78, 5) is 12.7. The van der Waals surface area contributed by atoms with Gasteiger partial charge in [-0.2, -0.15) is 0 Å². The van der Waals surface area contributed by atoms with E-state index in [4.69, 9.17) is 0 Å². The third-order valence-corrected chi connectivity index (χ3v) is 18.7.